The van der Waals surface area contributed by atoms with Crippen molar-refractivity contribution < 1.29 is 13.7 Å². The van der Waals surface area contributed by atoms with Crippen molar-refractivity contribution >= 4 is 45.6 Å². The van der Waals surface area contributed by atoms with Crippen LogP contribution in [-0.4, -0.2) is 26.5 Å². The Kier molecular flexibility index (Phi) is 5.84. The number of aryl methyl sites for hydroxylation is 1. The van der Waals surface area contributed by atoms with E-state index in [0.29, 0.717) is 33.2 Å². The van der Waals surface area contributed by atoms with Crippen LogP contribution in [0.25, 0.3) is 0 Å². The molecule has 1 atom stereocenters. The van der Waals surface area contributed by atoms with E-state index in [-0.39, 0.29) is 17.0 Å². The van der Waals surface area contributed by atoms with Crippen molar-refractivity contribution in [3.8, 4) is 0 Å². The van der Waals surface area contributed by atoms with Crippen molar-refractivity contribution in [1.82, 2.24) is 15.4 Å². The number of rotatable bonds is 7. The Morgan fingerprint density at radius 3 is 2.88 bits per heavy atom. The second-order valence-electron chi connectivity index (χ2n) is 5.30. The van der Waals surface area contributed by atoms with Gasteiger partial charge in [0.2, 0.25) is 11.0 Å². The summed E-state index contributed by atoms with van der Waals surface area (Å²) in [6.45, 7) is 3.66. The Bertz CT molecular complexity index is 898. The zero-order valence-corrected chi connectivity index (χ0v) is 15.7. The molecule has 1 amide bonds. The highest BCUT2D eigenvalue weighted by atomic mass is 32.2. The first-order valence-electron chi connectivity index (χ1n) is 7.81. The molecule has 2 N–H and O–H groups in total. The Balaban J connectivity index is 1.63. The molecule has 10 heteroatoms. The van der Waals surface area contributed by atoms with Crippen molar-refractivity contribution in [2.45, 2.75) is 29.9 Å². The Morgan fingerprint density at radius 2 is 2.19 bits per heavy atom. The van der Waals surface area contributed by atoms with Crippen molar-refractivity contribution in [2.75, 3.05) is 10.6 Å². The molecule has 0 aliphatic carbocycles. The molecule has 0 fully saturated rings. The SMILES string of the molecule is CCC(Sc1nnc(Nc2ccccc2F)s1)C(=O)Nc1cc(C)on1. The first-order chi connectivity index (χ1) is 12.5. The number of carbonyl (C=O) groups is 1. The van der Waals surface area contributed by atoms with Crippen LogP contribution in [-0.2, 0) is 4.79 Å². The maximum Gasteiger partial charge on any atom is 0.239 e. The molecule has 0 saturated heterocycles. The van der Waals surface area contributed by atoms with Gasteiger partial charge >= 0.3 is 0 Å². The van der Waals surface area contributed by atoms with Gasteiger partial charge in [0.05, 0.1) is 10.9 Å². The second-order valence-corrected chi connectivity index (χ2v) is 7.73. The zero-order chi connectivity index (χ0) is 18.5. The van der Waals surface area contributed by atoms with E-state index in [4.69, 9.17) is 4.52 Å². The fourth-order valence-corrected chi connectivity index (χ4v) is 3.99. The second kappa shape index (κ2) is 8.28. The molecule has 2 aromatic heterocycles. The summed E-state index contributed by atoms with van der Waals surface area (Å²) in [5.74, 6) is 0.440. The molecule has 2 heterocycles. The highest BCUT2D eigenvalue weighted by molar-refractivity contribution is 8.02. The minimum Gasteiger partial charge on any atom is -0.360 e. The largest absolute Gasteiger partial charge is 0.360 e. The molecule has 1 unspecified atom stereocenters. The zero-order valence-electron chi connectivity index (χ0n) is 14.0. The van der Waals surface area contributed by atoms with Crippen LogP contribution in [0.3, 0.4) is 0 Å². The topological polar surface area (TPSA) is 92.9 Å². The molecule has 3 aromatic rings. The van der Waals surface area contributed by atoms with Crippen LogP contribution in [0.2, 0.25) is 0 Å². The Morgan fingerprint density at radius 1 is 1.38 bits per heavy atom. The molecule has 0 saturated carbocycles. The molecule has 0 bridgehead atoms. The number of carbonyl (C=O) groups excluding carboxylic acids is 1. The van der Waals surface area contributed by atoms with E-state index < -0.39 is 0 Å². The highest BCUT2D eigenvalue weighted by Gasteiger charge is 2.21. The van der Waals surface area contributed by atoms with E-state index in [0.717, 1.165) is 0 Å². The third-order valence-corrected chi connectivity index (χ3v) is 5.59. The molecular weight excluding hydrogens is 377 g/mol. The number of nitrogens with one attached hydrogen (secondary N) is 2. The molecule has 0 spiro atoms. The number of amides is 1. The number of nitrogens with zero attached hydrogens (tertiary/aromatic N) is 3. The Hall–Kier alpha value is -2.46. The lowest BCUT2D eigenvalue weighted by atomic mass is 10.3. The van der Waals surface area contributed by atoms with Gasteiger partial charge < -0.3 is 15.2 Å². The number of hydrogen-bond acceptors (Lipinski definition) is 8. The van der Waals surface area contributed by atoms with E-state index >= 15 is 0 Å². The van der Waals surface area contributed by atoms with Crippen LogP contribution in [0.15, 0.2) is 39.2 Å². The lowest BCUT2D eigenvalue weighted by Crippen LogP contribution is -2.24. The first kappa shape index (κ1) is 18.3. The number of benzene rings is 1. The number of thioether (sulfide) groups is 1. The van der Waals surface area contributed by atoms with Crippen LogP contribution < -0.4 is 10.6 Å². The predicted octanol–water partition coefficient (Wildman–Crippen LogP) is 4.23. The van der Waals surface area contributed by atoms with E-state index in [1.165, 1.54) is 29.2 Å². The predicted molar refractivity (Wildman–Crippen MR) is 99.4 cm³/mol. The fourth-order valence-electron chi connectivity index (χ4n) is 2.06. The van der Waals surface area contributed by atoms with E-state index in [9.17, 15) is 9.18 Å². The Labute approximate surface area is 157 Å². The van der Waals surface area contributed by atoms with Crippen LogP contribution in [0.5, 0.6) is 0 Å². The van der Waals surface area contributed by atoms with Gasteiger partial charge in [0.1, 0.15) is 11.6 Å². The van der Waals surface area contributed by atoms with Crippen molar-refractivity contribution in [1.29, 1.82) is 0 Å². The van der Waals surface area contributed by atoms with Crippen LogP contribution in [0.4, 0.5) is 21.0 Å². The third-order valence-electron chi connectivity index (χ3n) is 3.31. The van der Waals surface area contributed by atoms with Gasteiger partial charge in [-0.3, -0.25) is 4.79 Å². The number of anilines is 3. The van der Waals surface area contributed by atoms with Gasteiger partial charge in [-0.25, -0.2) is 4.39 Å². The highest BCUT2D eigenvalue weighted by Crippen LogP contribution is 2.32. The van der Waals surface area contributed by atoms with Gasteiger partial charge in [0.25, 0.3) is 0 Å². The summed E-state index contributed by atoms with van der Waals surface area (Å²) in [6.07, 6.45) is 0.600. The van der Waals surface area contributed by atoms with Crippen LogP contribution >= 0.6 is 23.1 Å². The lowest BCUT2D eigenvalue weighted by molar-refractivity contribution is -0.115. The molecule has 0 radical (unpaired) electrons. The summed E-state index contributed by atoms with van der Waals surface area (Å²) in [7, 11) is 0. The van der Waals surface area contributed by atoms with Crippen molar-refractivity contribution in [2.24, 2.45) is 0 Å². The molecule has 26 heavy (non-hydrogen) atoms. The van der Waals surface area contributed by atoms with Gasteiger partial charge in [0.15, 0.2) is 10.2 Å². The standard InChI is InChI=1S/C16H16FN5O2S2/c1-3-12(14(23)19-13-8-9(2)24-22-13)25-16-21-20-15(26-16)18-11-7-5-4-6-10(11)17/h4-8,12H,3H2,1-2H3,(H,18,20)(H,19,22,23). The molecule has 3 rings (SSSR count). The molecule has 7 nitrogen and oxygen atoms in total. The lowest BCUT2D eigenvalue weighted by Gasteiger charge is -2.10. The number of para-hydroxylation sites is 1. The minimum absolute atomic E-state index is 0.190. The molecule has 0 aliphatic rings. The molecular formula is C16H16FN5O2S2. The molecule has 1 aromatic carbocycles. The summed E-state index contributed by atoms with van der Waals surface area (Å²) in [4.78, 5) is 12.4. The number of hydrogen-bond donors (Lipinski definition) is 2. The summed E-state index contributed by atoms with van der Waals surface area (Å²) < 4.78 is 19.2. The van der Waals surface area contributed by atoms with Gasteiger partial charge in [-0.05, 0) is 25.5 Å². The summed E-state index contributed by atoms with van der Waals surface area (Å²) in [5, 5.41) is 17.5. The van der Waals surface area contributed by atoms with Crippen molar-refractivity contribution in [3.05, 3.63) is 41.9 Å². The maximum atomic E-state index is 13.7. The van der Waals surface area contributed by atoms with E-state index in [1.54, 1.807) is 31.2 Å². The molecule has 136 valence electrons. The maximum absolute atomic E-state index is 13.7. The third kappa shape index (κ3) is 4.58. The first-order valence-corrected chi connectivity index (χ1v) is 9.50. The average molecular weight is 393 g/mol. The molecule has 0 aliphatic heterocycles. The summed E-state index contributed by atoms with van der Waals surface area (Å²) in [6, 6.07) is 7.97. The van der Waals surface area contributed by atoms with Gasteiger partial charge in [0, 0.05) is 6.07 Å². The summed E-state index contributed by atoms with van der Waals surface area (Å²) >= 11 is 2.56. The number of halogens is 1. The van der Waals surface area contributed by atoms with Crippen molar-refractivity contribution in [3.63, 3.8) is 0 Å². The van der Waals surface area contributed by atoms with E-state index in [1.807, 2.05) is 6.92 Å². The van der Waals surface area contributed by atoms with Crippen LogP contribution in [0.1, 0.15) is 19.1 Å². The van der Waals surface area contributed by atoms with Gasteiger partial charge in [-0.1, -0.05) is 47.3 Å². The normalized spacial score (nSPS) is 12.0. The number of aromatic nitrogens is 3. The minimum atomic E-state index is -0.370. The quantitative estimate of drug-likeness (QED) is 0.580. The van der Waals surface area contributed by atoms with Gasteiger partial charge in [-0.15, -0.1) is 10.2 Å². The average Bonchev–Trinajstić information content (AvgIpc) is 3.23. The fraction of sp³-hybridized carbons (Fsp3) is 0.250. The summed E-state index contributed by atoms with van der Waals surface area (Å²) in [5.41, 5.74) is 0.325. The smallest absolute Gasteiger partial charge is 0.239 e. The van der Waals surface area contributed by atoms with Gasteiger partial charge in [-0.2, -0.15) is 0 Å². The van der Waals surface area contributed by atoms with E-state index in [2.05, 4.69) is 26.0 Å². The monoisotopic (exact) mass is 393 g/mol. The van der Waals surface area contributed by atoms with Crippen LogP contribution in [0, 0.1) is 12.7 Å².